The summed E-state index contributed by atoms with van der Waals surface area (Å²) < 4.78 is 0. The van der Waals surface area contributed by atoms with Gasteiger partial charge in [0.25, 0.3) is 0 Å². The number of hydrogen-bond donors (Lipinski definition) is 3. The van der Waals surface area contributed by atoms with Gasteiger partial charge in [0.05, 0.1) is 10.3 Å². The van der Waals surface area contributed by atoms with E-state index < -0.39 is 16.3 Å². The Morgan fingerprint density at radius 3 is 2.72 bits per heavy atom. The van der Waals surface area contributed by atoms with E-state index in [0.717, 1.165) is 0 Å². The molecule has 18 heavy (non-hydrogen) atoms. The molecule has 0 spiro atoms. The summed E-state index contributed by atoms with van der Waals surface area (Å²) >= 11 is 0. The Morgan fingerprint density at radius 2 is 2.28 bits per heavy atom. The molecular formula is C10H12N4O4. The van der Waals surface area contributed by atoms with Gasteiger partial charge in [-0.25, -0.2) is 4.98 Å². The fourth-order valence-electron chi connectivity index (χ4n) is 1.60. The van der Waals surface area contributed by atoms with Crippen molar-refractivity contribution in [2.45, 2.75) is 12.8 Å². The van der Waals surface area contributed by atoms with E-state index in [1.165, 1.54) is 12.1 Å². The summed E-state index contributed by atoms with van der Waals surface area (Å²) in [5.41, 5.74) is 4.44. The van der Waals surface area contributed by atoms with Crippen LogP contribution in [0.3, 0.4) is 0 Å². The number of rotatable bonds is 5. The molecule has 1 heterocycles. The first kappa shape index (κ1) is 12.1. The number of hydrogen-bond acceptors (Lipinski definition) is 6. The summed E-state index contributed by atoms with van der Waals surface area (Å²) in [6, 6.07) is 2.65. The van der Waals surface area contributed by atoms with Gasteiger partial charge in [0.1, 0.15) is 5.82 Å². The molecule has 0 aromatic carbocycles. The number of pyridine rings is 1. The third-order valence-corrected chi connectivity index (χ3v) is 3.01. The average Bonchev–Trinajstić information content (AvgIpc) is 3.07. The number of carbonyl (C=O) groups is 1. The van der Waals surface area contributed by atoms with Crippen LogP contribution in [-0.2, 0) is 4.79 Å². The highest BCUT2D eigenvalue weighted by atomic mass is 16.6. The smallest absolute Gasteiger partial charge is 0.311 e. The molecule has 4 N–H and O–H groups in total. The summed E-state index contributed by atoms with van der Waals surface area (Å²) in [6.45, 7) is 0.243. The molecule has 0 bridgehead atoms. The second-order valence-electron chi connectivity index (χ2n) is 4.30. The monoisotopic (exact) mass is 252 g/mol. The Morgan fingerprint density at radius 1 is 1.61 bits per heavy atom. The van der Waals surface area contributed by atoms with Crippen LogP contribution in [-0.4, -0.2) is 27.5 Å². The maximum atomic E-state index is 10.9. The van der Waals surface area contributed by atoms with Gasteiger partial charge in [-0.2, -0.15) is 0 Å². The minimum Gasteiger partial charge on any atom is -0.481 e. The van der Waals surface area contributed by atoms with Crippen LogP contribution in [0.2, 0.25) is 0 Å². The molecule has 1 saturated carbocycles. The van der Waals surface area contributed by atoms with Gasteiger partial charge in [-0.3, -0.25) is 14.9 Å². The molecular weight excluding hydrogens is 240 g/mol. The van der Waals surface area contributed by atoms with Gasteiger partial charge in [-0.05, 0) is 18.9 Å². The molecule has 1 aliphatic rings. The van der Waals surface area contributed by atoms with Crippen LogP contribution in [0.15, 0.2) is 12.1 Å². The minimum absolute atomic E-state index is 0.190. The molecule has 1 fully saturated rings. The topological polar surface area (TPSA) is 131 Å². The van der Waals surface area contributed by atoms with Crippen molar-refractivity contribution in [3.05, 3.63) is 22.2 Å². The van der Waals surface area contributed by atoms with Crippen LogP contribution in [0, 0.1) is 15.5 Å². The number of carboxylic acid groups (broad SMARTS) is 1. The number of nitrogens with two attached hydrogens (primary N) is 1. The van der Waals surface area contributed by atoms with Crippen molar-refractivity contribution in [2.75, 3.05) is 17.6 Å². The lowest BCUT2D eigenvalue weighted by Crippen LogP contribution is -2.24. The van der Waals surface area contributed by atoms with Crippen molar-refractivity contribution in [1.29, 1.82) is 0 Å². The minimum atomic E-state index is -0.843. The Hall–Kier alpha value is -2.38. The quantitative estimate of drug-likeness (QED) is 0.522. The zero-order valence-corrected chi connectivity index (χ0v) is 9.42. The summed E-state index contributed by atoms with van der Waals surface area (Å²) in [7, 11) is 0. The summed E-state index contributed by atoms with van der Waals surface area (Å²) in [4.78, 5) is 24.7. The first-order valence-electron chi connectivity index (χ1n) is 5.33. The molecule has 1 aromatic heterocycles. The maximum Gasteiger partial charge on any atom is 0.311 e. The summed E-state index contributed by atoms with van der Waals surface area (Å²) in [6.07, 6.45) is 1.25. The highest BCUT2D eigenvalue weighted by Crippen LogP contribution is 2.45. The highest BCUT2D eigenvalue weighted by molar-refractivity contribution is 5.78. The zero-order valence-electron chi connectivity index (χ0n) is 9.42. The zero-order chi connectivity index (χ0) is 13.3. The van der Waals surface area contributed by atoms with Crippen LogP contribution in [0.1, 0.15) is 12.8 Å². The lowest BCUT2D eigenvalue weighted by atomic mass is 10.1. The lowest BCUT2D eigenvalue weighted by molar-refractivity contribution is -0.384. The van der Waals surface area contributed by atoms with E-state index in [9.17, 15) is 14.9 Å². The number of anilines is 2. The van der Waals surface area contributed by atoms with Crippen molar-refractivity contribution in [1.82, 2.24) is 4.98 Å². The van der Waals surface area contributed by atoms with Gasteiger partial charge in [-0.1, -0.05) is 0 Å². The molecule has 8 heteroatoms. The van der Waals surface area contributed by atoms with Crippen molar-refractivity contribution >= 4 is 23.3 Å². The van der Waals surface area contributed by atoms with Crippen LogP contribution < -0.4 is 11.1 Å². The first-order chi connectivity index (χ1) is 8.44. The van der Waals surface area contributed by atoms with E-state index in [1.807, 2.05) is 0 Å². The van der Waals surface area contributed by atoms with Crippen molar-refractivity contribution in [2.24, 2.45) is 5.41 Å². The van der Waals surface area contributed by atoms with E-state index >= 15 is 0 Å². The van der Waals surface area contributed by atoms with E-state index in [2.05, 4.69) is 10.3 Å². The third-order valence-electron chi connectivity index (χ3n) is 3.01. The Bertz CT molecular complexity index is 513. The Labute approximate surface area is 102 Å². The number of nitrogens with one attached hydrogen (secondary N) is 1. The Balaban J connectivity index is 2.05. The lowest BCUT2D eigenvalue weighted by Gasteiger charge is -2.11. The number of aromatic nitrogens is 1. The van der Waals surface area contributed by atoms with Gasteiger partial charge >= 0.3 is 11.7 Å². The van der Waals surface area contributed by atoms with Gasteiger partial charge in [0, 0.05) is 12.6 Å². The highest BCUT2D eigenvalue weighted by Gasteiger charge is 2.50. The fourth-order valence-corrected chi connectivity index (χ4v) is 1.60. The van der Waals surface area contributed by atoms with Crippen molar-refractivity contribution in [3.8, 4) is 0 Å². The molecule has 1 aliphatic carbocycles. The van der Waals surface area contributed by atoms with Crippen LogP contribution in [0.25, 0.3) is 0 Å². The van der Waals surface area contributed by atoms with Crippen LogP contribution in [0.5, 0.6) is 0 Å². The number of nitrogens with zero attached hydrogens (tertiary/aromatic N) is 2. The molecule has 2 rings (SSSR count). The Kier molecular flexibility index (Phi) is 2.77. The molecule has 0 atom stereocenters. The molecule has 96 valence electrons. The average molecular weight is 252 g/mol. The predicted octanol–water partition coefficient (Wildman–Crippen LogP) is 0.849. The predicted molar refractivity (Wildman–Crippen MR) is 63.1 cm³/mol. The molecule has 0 unspecified atom stereocenters. The van der Waals surface area contributed by atoms with Gasteiger partial charge in [0.2, 0.25) is 5.82 Å². The maximum absolute atomic E-state index is 10.9. The van der Waals surface area contributed by atoms with Crippen LogP contribution >= 0.6 is 0 Å². The molecule has 0 amide bonds. The molecule has 8 nitrogen and oxygen atoms in total. The van der Waals surface area contributed by atoms with E-state index in [-0.39, 0.29) is 18.1 Å². The van der Waals surface area contributed by atoms with E-state index in [4.69, 9.17) is 10.8 Å². The number of aliphatic carboxylic acids is 1. The first-order valence-corrected chi connectivity index (χ1v) is 5.33. The molecule has 0 saturated heterocycles. The summed E-state index contributed by atoms with van der Waals surface area (Å²) in [5, 5.41) is 22.4. The number of nitro groups is 1. The van der Waals surface area contributed by atoms with Crippen LogP contribution in [0.4, 0.5) is 17.3 Å². The van der Waals surface area contributed by atoms with Gasteiger partial charge in [-0.15, -0.1) is 0 Å². The summed E-state index contributed by atoms with van der Waals surface area (Å²) in [5.74, 6) is -0.694. The van der Waals surface area contributed by atoms with Gasteiger partial charge < -0.3 is 16.2 Å². The third kappa shape index (κ3) is 2.17. The SMILES string of the molecule is Nc1nc(NCC2(C(=O)O)CC2)ccc1[N+](=O)[O-]. The second-order valence-corrected chi connectivity index (χ2v) is 4.30. The van der Waals surface area contributed by atoms with E-state index in [1.54, 1.807) is 0 Å². The van der Waals surface area contributed by atoms with Crippen molar-refractivity contribution in [3.63, 3.8) is 0 Å². The fraction of sp³-hybridized carbons (Fsp3) is 0.400. The van der Waals surface area contributed by atoms with E-state index in [0.29, 0.717) is 18.7 Å². The number of nitrogen functional groups attached to an aromatic ring is 1. The standard InChI is InChI=1S/C10H12N4O4/c11-8-6(14(17)18)1-2-7(13-8)12-5-10(3-4-10)9(15)16/h1-2H,3-5H2,(H,15,16)(H3,11,12,13). The molecule has 0 aliphatic heterocycles. The molecule has 1 aromatic rings. The van der Waals surface area contributed by atoms with Crippen molar-refractivity contribution < 1.29 is 14.8 Å². The largest absolute Gasteiger partial charge is 0.481 e. The normalized spacial score (nSPS) is 16.0. The molecule has 0 radical (unpaired) electrons. The van der Waals surface area contributed by atoms with Gasteiger partial charge in [0.15, 0.2) is 0 Å². The number of carboxylic acids is 1. The second kappa shape index (κ2) is 4.13.